The maximum Gasteiger partial charge on any atom is 0.253 e. The van der Waals surface area contributed by atoms with Gasteiger partial charge in [0.05, 0.1) is 12.0 Å². The van der Waals surface area contributed by atoms with Gasteiger partial charge in [0.2, 0.25) is 5.13 Å². The third-order valence-electron chi connectivity index (χ3n) is 5.55. The fraction of sp³-hybridized carbons (Fsp3) is 0.450. The summed E-state index contributed by atoms with van der Waals surface area (Å²) in [6.45, 7) is 2.66. The molecule has 4 heterocycles. The number of pyridine rings is 1. The predicted molar refractivity (Wildman–Crippen MR) is 109 cm³/mol. The Morgan fingerprint density at radius 1 is 1.18 bits per heavy atom. The van der Waals surface area contributed by atoms with Crippen LogP contribution in [-0.2, 0) is 6.54 Å². The molecule has 1 saturated carbocycles. The van der Waals surface area contributed by atoms with Gasteiger partial charge in [-0.2, -0.15) is 4.37 Å². The molecule has 0 unspecified atom stereocenters. The molecule has 0 atom stereocenters. The first-order valence-electron chi connectivity index (χ1n) is 9.82. The Kier molecular flexibility index (Phi) is 4.64. The SMILES string of the molecule is O=c1cc(-c2cccnc2)ncn1CC1CCN(c2nc(C3CC3)ns2)CC1. The van der Waals surface area contributed by atoms with Crippen LogP contribution < -0.4 is 10.5 Å². The maximum atomic E-state index is 12.5. The van der Waals surface area contributed by atoms with E-state index in [1.165, 1.54) is 24.4 Å². The first kappa shape index (κ1) is 17.5. The van der Waals surface area contributed by atoms with Crippen molar-refractivity contribution in [2.24, 2.45) is 5.92 Å². The number of hydrogen-bond acceptors (Lipinski definition) is 7. The van der Waals surface area contributed by atoms with Gasteiger partial charge in [-0.1, -0.05) is 0 Å². The smallest absolute Gasteiger partial charge is 0.253 e. The van der Waals surface area contributed by atoms with Crippen molar-refractivity contribution in [1.29, 1.82) is 0 Å². The Hall–Kier alpha value is -2.61. The highest BCUT2D eigenvalue weighted by atomic mass is 32.1. The summed E-state index contributed by atoms with van der Waals surface area (Å²) in [5, 5.41) is 1.06. The van der Waals surface area contributed by atoms with Crippen LogP contribution in [0.3, 0.4) is 0 Å². The molecular formula is C20H22N6OS. The van der Waals surface area contributed by atoms with E-state index in [1.807, 2.05) is 12.1 Å². The van der Waals surface area contributed by atoms with Gasteiger partial charge >= 0.3 is 0 Å². The molecule has 2 fully saturated rings. The summed E-state index contributed by atoms with van der Waals surface area (Å²) in [5.74, 6) is 2.13. The van der Waals surface area contributed by atoms with Gasteiger partial charge in [0, 0.05) is 61.1 Å². The van der Waals surface area contributed by atoms with E-state index in [4.69, 9.17) is 4.98 Å². The molecule has 1 aliphatic carbocycles. The highest BCUT2D eigenvalue weighted by molar-refractivity contribution is 7.09. The molecule has 5 rings (SSSR count). The van der Waals surface area contributed by atoms with Crippen molar-refractivity contribution in [3.8, 4) is 11.3 Å². The summed E-state index contributed by atoms with van der Waals surface area (Å²) in [5.41, 5.74) is 1.53. The number of hydrogen-bond donors (Lipinski definition) is 0. The maximum absolute atomic E-state index is 12.5. The van der Waals surface area contributed by atoms with Gasteiger partial charge in [0.1, 0.15) is 5.82 Å². The molecule has 3 aromatic rings. The minimum Gasteiger partial charge on any atom is -0.347 e. The standard InChI is InChI=1S/C20H22N6OS/c27-18-10-17(16-2-1-7-21-11-16)22-13-26(18)12-14-5-8-25(9-6-14)20-23-19(24-28-20)15-3-4-15/h1-2,7,10-11,13-15H,3-6,8-9,12H2. The zero-order valence-electron chi connectivity index (χ0n) is 15.6. The van der Waals surface area contributed by atoms with E-state index in [-0.39, 0.29) is 5.56 Å². The van der Waals surface area contributed by atoms with E-state index in [0.29, 0.717) is 17.5 Å². The Morgan fingerprint density at radius 3 is 2.75 bits per heavy atom. The fourth-order valence-corrected chi connectivity index (χ4v) is 4.48. The molecule has 144 valence electrons. The quantitative estimate of drug-likeness (QED) is 0.662. The Balaban J connectivity index is 1.21. The van der Waals surface area contributed by atoms with Gasteiger partial charge in [-0.25, -0.2) is 9.97 Å². The van der Waals surface area contributed by atoms with Crippen molar-refractivity contribution in [2.75, 3.05) is 18.0 Å². The molecule has 0 aromatic carbocycles. The zero-order valence-corrected chi connectivity index (χ0v) is 16.4. The average molecular weight is 395 g/mol. The largest absolute Gasteiger partial charge is 0.347 e. The molecule has 3 aromatic heterocycles. The van der Waals surface area contributed by atoms with Crippen LogP contribution in [0.5, 0.6) is 0 Å². The van der Waals surface area contributed by atoms with Crippen molar-refractivity contribution < 1.29 is 0 Å². The van der Waals surface area contributed by atoms with E-state index in [9.17, 15) is 4.79 Å². The van der Waals surface area contributed by atoms with E-state index in [1.54, 1.807) is 29.4 Å². The Morgan fingerprint density at radius 2 is 2.04 bits per heavy atom. The van der Waals surface area contributed by atoms with Gasteiger partial charge in [-0.15, -0.1) is 0 Å². The topological polar surface area (TPSA) is 76.8 Å². The lowest BCUT2D eigenvalue weighted by Gasteiger charge is -2.31. The second-order valence-electron chi connectivity index (χ2n) is 7.65. The van der Waals surface area contributed by atoms with Crippen LogP contribution in [0.15, 0.2) is 41.7 Å². The molecule has 8 heteroatoms. The molecule has 0 spiro atoms. The number of rotatable bonds is 5. The third-order valence-corrected chi connectivity index (χ3v) is 6.34. The van der Waals surface area contributed by atoms with Crippen molar-refractivity contribution in [2.45, 2.75) is 38.1 Å². The highest BCUT2D eigenvalue weighted by Gasteiger charge is 2.29. The van der Waals surface area contributed by atoms with E-state index in [2.05, 4.69) is 19.2 Å². The highest BCUT2D eigenvalue weighted by Crippen LogP contribution is 2.40. The molecule has 1 aliphatic heterocycles. The van der Waals surface area contributed by atoms with Crippen LogP contribution in [0.1, 0.15) is 37.4 Å². The lowest BCUT2D eigenvalue weighted by molar-refractivity contribution is 0.351. The molecule has 28 heavy (non-hydrogen) atoms. The van der Waals surface area contributed by atoms with Crippen LogP contribution in [0.4, 0.5) is 5.13 Å². The van der Waals surface area contributed by atoms with E-state index in [0.717, 1.165) is 49.0 Å². The first-order valence-corrected chi connectivity index (χ1v) is 10.6. The summed E-state index contributed by atoms with van der Waals surface area (Å²) in [7, 11) is 0. The summed E-state index contributed by atoms with van der Waals surface area (Å²) in [6.07, 6.45) is 9.69. The van der Waals surface area contributed by atoms with Gasteiger partial charge in [0.15, 0.2) is 0 Å². The average Bonchev–Trinajstić information content (AvgIpc) is 3.47. The number of anilines is 1. The number of nitrogens with zero attached hydrogens (tertiary/aromatic N) is 6. The van der Waals surface area contributed by atoms with Gasteiger partial charge in [0.25, 0.3) is 5.56 Å². The number of aromatic nitrogens is 5. The van der Waals surface area contributed by atoms with Crippen LogP contribution in [-0.4, -0.2) is 37.0 Å². The summed E-state index contributed by atoms with van der Waals surface area (Å²) >= 11 is 1.53. The van der Waals surface area contributed by atoms with Crippen molar-refractivity contribution >= 4 is 16.7 Å². The van der Waals surface area contributed by atoms with Crippen molar-refractivity contribution in [3.63, 3.8) is 0 Å². The monoisotopic (exact) mass is 394 g/mol. The fourth-order valence-electron chi connectivity index (χ4n) is 3.68. The summed E-state index contributed by atoms with van der Waals surface area (Å²) < 4.78 is 6.25. The molecule has 7 nitrogen and oxygen atoms in total. The Labute approximate surface area is 167 Å². The van der Waals surface area contributed by atoms with Gasteiger partial charge in [-0.3, -0.25) is 14.3 Å². The summed E-state index contributed by atoms with van der Waals surface area (Å²) in [6, 6.07) is 5.37. The molecule has 0 N–H and O–H groups in total. The van der Waals surface area contributed by atoms with Crippen molar-refractivity contribution in [3.05, 3.63) is 53.1 Å². The molecule has 0 amide bonds. The second kappa shape index (κ2) is 7.43. The molecule has 2 aliphatic rings. The third kappa shape index (κ3) is 3.69. The first-order chi connectivity index (χ1) is 13.8. The number of piperidine rings is 1. The lowest BCUT2D eigenvalue weighted by atomic mass is 9.97. The van der Waals surface area contributed by atoms with Crippen molar-refractivity contribution in [1.82, 2.24) is 23.9 Å². The normalized spacial score (nSPS) is 17.8. The zero-order chi connectivity index (χ0) is 18.9. The predicted octanol–water partition coefficient (Wildman–Crippen LogP) is 2.95. The van der Waals surface area contributed by atoms with E-state index >= 15 is 0 Å². The second-order valence-corrected chi connectivity index (χ2v) is 8.38. The molecular weight excluding hydrogens is 372 g/mol. The van der Waals surface area contributed by atoms with Crippen LogP contribution >= 0.6 is 11.5 Å². The molecule has 0 bridgehead atoms. The molecule has 0 radical (unpaired) electrons. The lowest BCUT2D eigenvalue weighted by Crippen LogP contribution is -2.36. The minimum absolute atomic E-state index is 0.00511. The van der Waals surface area contributed by atoms with Gasteiger partial charge < -0.3 is 4.90 Å². The summed E-state index contributed by atoms with van der Waals surface area (Å²) in [4.78, 5) is 28.1. The molecule has 1 saturated heterocycles. The van der Waals surface area contributed by atoms with Crippen LogP contribution in [0.25, 0.3) is 11.3 Å². The Bertz CT molecular complexity index is 1000. The van der Waals surface area contributed by atoms with Crippen LogP contribution in [0, 0.1) is 5.92 Å². The van der Waals surface area contributed by atoms with Crippen LogP contribution in [0.2, 0.25) is 0 Å². The van der Waals surface area contributed by atoms with Gasteiger partial charge in [-0.05, 0) is 43.7 Å². The van der Waals surface area contributed by atoms with E-state index < -0.39 is 0 Å². The minimum atomic E-state index is -0.00511.